The second kappa shape index (κ2) is 5.96. The van der Waals surface area contributed by atoms with Crippen molar-refractivity contribution in [1.29, 1.82) is 0 Å². The smallest absolute Gasteiger partial charge is 0.307 e. The topological polar surface area (TPSA) is 52.3 Å². The number of benzene rings is 1. The Morgan fingerprint density at radius 3 is 2.56 bits per heavy atom. The Balaban J connectivity index is 2.50. The minimum atomic E-state index is -0.519. The SMILES string of the molecule is CC(C)(C)OC(=O)C[C@H](N)Cc1ccccc1F. The van der Waals surface area contributed by atoms with Gasteiger partial charge in [-0.2, -0.15) is 0 Å². The van der Waals surface area contributed by atoms with Crippen LogP contribution in [0.1, 0.15) is 32.8 Å². The summed E-state index contributed by atoms with van der Waals surface area (Å²) in [5, 5.41) is 0. The minimum absolute atomic E-state index is 0.0889. The Morgan fingerprint density at radius 1 is 1.39 bits per heavy atom. The highest BCUT2D eigenvalue weighted by molar-refractivity contribution is 5.70. The molecule has 0 spiro atoms. The van der Waals surface area contributed by atoms with E-state index in [-0.39, 0.29) is 18.2 Å². The highest BCUT2D eigenvalue weighted by atomic mass is 19.1. The molecule has 1 rings (SSSR count). The van der Waals surface area contributed by atoms with Crippen LogP contribution in [0.3, 0.4) is 0 Å². The van der Waals surface area contributed by atoms with Gasteiger partial charge in [0.1, 0.15) is 11.4 Å². The summed E-state index contributed by atoms with van der Waals surface area (Å²) < 4.78 is 18.6. The van der Waals surface area contributed by atoms with E-state index in [1.165, 1.54) is 6.07 Å². The maximum atomic E-state index is 13.4. The lowest BCUT2D eigenvalue weighted by Gasteiger charge is -2.21. The average Bonchev–Trinajstić information content (AvgIpc) is 2.18. The monoisotopic (exact) mass is 253 g/mol. The number of rotatable bonds is 4. The van der Waals surface area contributed by atoms with Gasteiger partial charge in [0.25, 0.3) is 0 Å². The number of ether oxygens (including phenoxy) is 1. The molecule has 0 aliphatic heterocycles. The largest absolute Gasteiger partial charge is 0.460 e. The average molecular weight is 253 g/mol. The zero-order valence-electron chi connectivity index (χ0n) is 11.1. The fourth-order valence-corrected chi connectivity index (χ4v) is 1.62. The molecule has 18 heavy (non-hydrogen) atoms. The molecule has 1 atom stereocenters. The van der Waals surface area contributed by atoms with E-state index in [1.54, 1.807) is 39.0 Å². The van der Waals surface area contributed by atoms with Crippen LogP contribution in [0.25, 0.3) is 0 Å². The zero-order valence-corrected chi connectivity index (χ0v) is 11.1. The predicted molar refractivity (Wildman–Crippen MR) is 68.5 cm³/mol. The van der Waals surface area contributed by atoms with Gasteiger partial charge < -0.3 is 10.5 Å². The highest BCUT2D eigenvalue weighted by Gasteiger charge is 2.19. The lowest BCUT2D eigenvalue weighted by atomic mass is 10.0. The van der Waals surface area contributed by atoms with Gasteiger partial charge in [0.2, 0.25) is 0 Å². The van der Waals surface area contributed by atoms with E-state index in [0.29, 0.717) is 12.0 Å². The van der Waals surface area contributed by atoms with Crippen molar-refractivity contribution in [1.82, 2.24) is 0 Å². The van der Waals surface area contributed by atoms with Gasteiger partial charge in [-0.25, -0.2) is 4.39 Å². The van der Waals surface area contributed by atoms with E-state index in [2.05, 4.69) is 0 Å². The van der Waals surface area contributed by atoms with Crippen LogP contribution in [-0.2, 0) is 16.0 Å². The van der Waals surface area contributed by atoms with Gasteiger partial charge >= 0.3 is 5.97 Å². The van der Waals surface area contributed by atoms with Crippen molar-refractivity contribution in [2.75, 3.05) is 0 Å². The van der Waals surface area contributed by atoms with Crippen LogP contribution < -0.4 is 5.73 Å². The number of carbonyl (C=O) groups is 1. The summed E-state index contributed by atoms with van der Waals surface area (Å²) in [6, 6.07) is 5.99. The molecule has 0 aliphatic carbocycles. The molecule has 1 aromatic rings. The molecular weight excluding hydrogens is 233 g/mol. The van der Waals surface area contributed by atoms with Gasteiger partial charge in [-0.05, 0) is 38.8 Å². The Hall–Kier alpha value is -1.42. The molecule has 0 amide bonds. The van der Waals surface area contributed by atoms with E-state index in [0.717, 1.165) is 0 Å². The third kappa shape index (κ3) is 5.27. The van der Waals surface area contributed by atoms with Gasteiger partial charge in [0, 0.05) is 6.04 Å². The molecule has 0 bridgehead atoms. The van der Waals surface area contributed by atoms with Crippen molar-refractivity contribution >= 4 is 5.97 Å². The van der Waals surface area contributed by atoms with Crippen molar-refractivity contribution in [3.05, 3.63) is 35.6 Å². The van der Waals surface area contributed by atoms with E-state index in [9.17, 15) is 9.18 Å². The molecule has 0 fully saturated rings. The summed E-state index contributed by atoms with van der Waals surface area (Å²) in [4.78, 5) is 11.5. The third-order valence-corrected chi connectivity index (χ3v) is 2.29. The first-order chi connectivity index (χ1) is 8.28. The fourth-order valence-electron chi connectivity index (χ4n) is 1.62. The summed E-state index contributed by atoms with van der Waals surface area (Å²) in [6.07, 6.45) is 0.414. The molecule has 0 aromatic heterocycles. The first-order valence-electron chi connectivity index (χ1n) is 5.99. The maximum Gasteiger partial charge on any atom is 0.307 e. The second-order valence-electron chi connectivity index (χ2n) is 5.35. The Kier molecular flexibility index (Phi) is 4.84. The van der Waals surface area contributed by atoms with E-state index in [1.807, 2.05) is 0 Å². The van der Waals surface area contributed by atoms with Gasteiger partial charge in [-0.15, -0.1) is 0 Å². The molecular formula is C14H20FNO2. The van der Waals surface area contributed by atoms with Crippen molar-refractivity contribution in [3.8, 4) is 0 Å². The second-order valence-corrected chi connectivity index (χ2v) is 5.35. The molecule has 0 radical (unpaired) electrons. The van der Waals surface area contributed by atoms with Crippen molar-refractivity contribution < 1.29 is 13.9 Å². The molecule has 1 aromatic carbocycles. The Bertz CT molecular complexity index is 413. The first-order valence-corrected chi connectivity index (χ1v) is 5.99. The van der Waals surface area contributed by atoms with Gasteiger partial charge in [-0.1, -0.05) is 18.2 Å². The van der Waals surface area contributed by atoms with Crippen molar-refractivity contribution in [3.63, 3.8) is 0 Å². The lowest BCUT2D eigenvalue weighted by Crippen LogP contribution is -2.31. The predicted octanol–water partition coefficient (Wildman–Crippen LogP) is 2.43. The van der Waals surface area contributed by atoms with Crippen LogP contribution in [0.5, 0.6) is 0 Å². The van der Waals surface area contributed by atoms with Gasteiger partial charge in [-0.3, -0.25) is 4.79 Å². The summed E-state index contributed by atoms with van der Waals surface area (Å²) in [5.74, 6) is -0.650. The molecule has 0 saturated carbocycles. The highest BCUT2D eigenvalue weighted by Crippen LogP contribution is 2.12. The molecule has 0 heterocycles. The molecule has 0 unspecified atom stereocenters. The first kappa shape index (κ1) is 14.6. The Labute approximate surface area is 107 Å². The van der Waals surface area contributed by atoms with E-state index < -0.39 is 11.6 Å². The molecule has 0 aliphatic rings. The number of nitrogens with two attached hydrogens (primary N) is 1. The van der Waals surface area contributed by atoms with E-state index in [4.69, 9.17) is 10.5 Å². The lowest BCUT2D eigenvalue weighted by molar-refractivity contribution is -0.155. The van der Waals surface area contributed by atoms with Gasteiger partial charge in [0.05, 0.1) is 6.42 Å². The van der Waals surface area contributed by atoms with Crippen LogP contribution in [0, 0.1) is 5.82 Å². The van der Waals surface area contributed by atoms with Crippen LogP contribution in [0.2, 0.25) is 0 Å². The van der Waals surface area contributed by atoms with Crippen LogP contribution in [-0.4, -0.2) is 17.6 Å². The van der Waals surface area contributed by atoms with Crippen molar-refractivity contribution in [2.24, 2.45) is 5.73 Å². The number of carbonyl (C=O) groups excluding carboxylic acids is 1. The summed E-state index contributed by atoms with van der Waals surface area (Å²) >= 11 is 0. The summed E-state index contributed by atoms with van der Waals surface area (Å²) in [5.41, 5.74) is 5.83. The number of hydrogen-bond acceptors (Lipinski definition) is 3. The normalized spacial score (nSPS) is 13.2. The molecule has 4 heteroatoms. The number of hydrogen-bond donors (Lipinski definition) is 1. The van der Waals surface area contributed by atoms with Crippen LogP contribution in [0.15, 0.2) is 24.3 Å². The van der Waals surface area contributed by atoms with Gasteiger partial charge in [0.15, 0.2) is 0 Å². The number of esters is 1. The van der Waals surface area contributed by atoms with Crippen LogP contribution >= 0.6 is 0 Å². The van der Waals surface area contributed by atoms with Crippen molar-refractivity contribution in [2.45, 2.75) is 45.3 Å². The quantitative estimate of drug-likeness (QED) is 0.838. The standard InChI is InChI=1S/C14H20FNO2/c1-14(2,3)18-13(17)9-11(16)8-10-6-4-5-7-12(10)15/h4-7,11H,8-9,16H2,1-3H3/t11-/m1/s1. The van der Waals surface area contributed by atoms with Crippen LogP contribution in [0.4, 0.5) is 4.39 Å². The zero-order chi connectivity index (χ0) is 13.8. The van der Waals surface area contributed by atoms with E-state index >= 15 is 0 Å². The maximum absolute atomic E-state index is 13.4. The molecule has 100 valence electrons. The minimum Gasteiger partial charge on any atom is -0.460 e. The summed E-state index contributed by atoms with van der Waals surface area (Å²) in [7, 11) is 0. The third-order valence-electron chi connectivity index (χ3n) is 2.29. The Morgan fingerprint density at radius 2 is 2.00 bits per heavy atom. The summed E-state index contributed by atoms with van der Waals surface area (Å²) in [6.45, 7) is 5.40. The number of halogens is 1. The molecule has 0 saturated heterocycles. The molecule has 3 nitrogen and oxygen atoms in total. The molecule has 2 N–H and O–H groups in total. The fraction of sp³-hybridized carbons (Fsp3) is 0.500.